The Bertz CT molecular complexity index is 983. The van der Waals surface area contributed by atoms with Crippen molar-refractivity contribution in [2.45, 2.75) is 13.1 Å². The molecule has 0 saturated carbocycles. The molecule has 0 atom stereocenters. The van der Waals surface area contributed by atoms with E-state index in [-0.39, 0.29) is 11.4 Å². The van der Waals surface area contributed by atoms with Crippen LogP contribution in [0.1, 0.15) is 21.7 Å². The Kier molecular flexibility index (Phi) is 4.85. The number of halogens is 3. The molecule has 1 aromatic heterocycles. The Labute approximate surface area is 152 Å². The number of hydrogen-bond acceptors (Lipinski definition) is 4. The third-order valence-electron chi connectivity index (χ3n) is 3.90. The Morgan fingerprint density at radius 3 is 2.48 bits per heavy atom. The van der Waals surface area contributed by atoms with Crippen LogP contribution >= 0.6 is 0 Å². The number of para-hydroxylation sites is 3. The van der Waals surface area contributed by atoms with E-state index in [1.165, 1.54) is 30.0 Å². The lowest BCUT2D eigenvalue weighted by molar-refractivity contribution is -0.136. The standard InChI is InChI=1S/C18H15F3N4O2/c1-11-16(23-24-25(11)14-9-5-6-10-15(14)27-2)17(26)22-13-8-4-3-7-12(13)18(19,20)21/h3-10H,1-2H3,(H,22,26). The van der Waals surface area contributed by atoms with Crippen molar-refractivity contribution in [1.29, 1.82) is 0 Å². The van der Waals surface area contributed by atoms with E-state index in [0.717, 1.165) is 6.07 Å². The number of rotatable bonds is 4. The molecule has 9 heteroatoms. The molecule has 2 aromatic carbocycles. The van der Waals surface area contributed by atoms with Crippen molar-refractivity contribution >= 4 is 11.6 Å². The number of carbonyl (C=O) groups excluding carboxylic acids is 1. The maximum atomic E-state index is 13.1. The van der Waals surface area contributed by atoms with Gasteiger partial charge < -0.3 is 10.1 Å². The quantitative estimate of drug-likeness (QED) is 0.751. The average molecular weight is 376 g/mol. The van der Waals surface area contributed by atoms with Crippen LogP contribution in [0.4, 0.5) is 18.9 Å². The summed E-state index contributed by atoms with van der Waals surface area (Å²) < 4.78 is 45.9. The summed E-state index contributed by atoms with van der Waals surface area (Å²) in [4.78, 5) is 12.5. The van der Waals surface area contributed by atoms with Gasteiger partial charge in [0.2, 0.25) is 0 Å². The number of ether oxygens (including phenoxy) is 1. The van der Waals surface area contributed by atoms with Gasteiger partial charge in [-0.1, -0.05) is 29.5 Å². The third kappa shape index (κ3) is 3.62. The van der Waals surface area contributed by atoms with E-state index in [0.29, 0.717) is 17.1 Å². The number of benzene rings is 2. The highest BCUT2D eigenvalue weighted by Gasteiger charge is 2.34. The number of nitrogens with one attached hydrogen (secondary N) is 1. The van der Waals surface area contributed by atoms with Crippen molar-refractivity contribution in [2.75, 3.05) is 12.4 Å². The summed E-state index contributed by atoms with van der Waals surface area (Å²) in [6.07, 6.45) is -4.59. The molecule has 0 aliphatic heterocycles. The minimum atomic E-state index is -4.59. The molecule has 0 aliphatic carbocycles. The summed E-state index contributed by atoms with van der Waals surface area (Å²) in [5, 5.41) is 10.0. The highest BCUT2D eigenvalue weighted by molar-refractivity contribution is 6.04. The molecule has 0 fully saturated rings. The highest BCUT2D eigenvalue weighted by Crippen LogP contribution is 2.34. The third-order valence-corrected chi connectivity index (χ3v) is 3.90. The van der Waals surface area contributed by atoms with Crippen molar-refractivity contribution in [1.82, 2.24) is 15.0 Å². The Morgan fingerprint density at radius 1 is 1.11 bits per heavy atom. The van der Waals surface area contributed by atoms with Crippen molar-refractivity contribution < 1.29 is 22.7 Å². The number of aromatic nitrogens is 3. The molecule has 27 heavy (non-hydrogen) atoms. The molecule has 0 bridgehead atoms. The summed E-state index contributed by atoms with van der Waals surface area (Å²) in [7, 11) is 1.49. The van der Waals surface area contributed by atoms with Gasteiger partial charge in [0.25, 0.3) is 5.91 Å². The summed E-state index contributed by atoms with van der Waals surface area (Å²) in [5.74, 6) is -0.273. The molecular formula is C18H15F3N4O2. The number of amides is 1. The molecule has 3 rings (SSSR count). The van der Waals surface area contributed by atoms with Crippen LogP contribution in [0.25, 0.3) is 5.69 Å². The number of hydrogen-bond donors (Lipinski definition) is 1. The molecule has 6 nitrogen and oxygen atoms in total. The van der Waals surface area contributed by atoms with Gasteiger partial charge in [-0.3, -0.25) is 4.79 Å². The van der Waals surface area contributed by atoms with Gasteiger partial charge in [0, 0.05) is 0 Å². The van der Waals surface area contributed by atoms with Crippen LogP contribution < -0.4 is 10.1 Å². The van der Waals surface area contributed by atoms with Crippen LogP contribution in [0.3, 0.4) is 0 Å². The number of anilines is 1. The van der Waals surface area contributed by atoms with Crippen molar-refractivity contribution in [3.8, 4) is 11.4 Å². The number of alkyl halides is 3. The van der Waals surface area contributed by atoms with Crippen LogP contribution in [0.2, 0.25) is 0 Å². The highest BCUT2D eigenvalue weighted by atomic mass is 19.4. The Hall–Kier alpha value is -3.36. The van der Waals surface area contributed by atoms with E-state index in [4.69, 9.17) is 4.74 Å². The fourth-order valence-electron chi connectivity index (χ4n) is 2.59. The second-order valence-corrected chi connectivity index (χ2v) is 5.60. The van der Waals surface area contributed by atoms with Gasteiger partial charge >= 0.3 is 6.18 Å². The number of carbonyl (C=O) groups is 1. The van der Waals surface area contributed by atoms with Gasteiger partial charge in [-0.25, -0.2) is 4.68 Å². The molecule has 0 spiro atoms. The molecule has 0 radical (unpaired) electrons. The van der Waals surface area contributed by atoms with Crippen molar-refractivity contribution in [2.24, 2.45) is 0 Å². The first-order valence-corrected chi connectivity index (χ1v) is 7.86. The summed E-state index contributed by atoms with van der Waals surface area (Å²) >= 11 is 0. The topological polar surface area (TPSA) is 69.0 Å². The summed E-state index contributed by atoms with van der Waals surface area (Å²) in [6, 6.07) is 11.7. The molecule has 1 N–H and O–H groups in total. The zero-order valence-corrected chi connectivity index (χ0v) is 14.4. The fraction of sp³-hybridized carbons (Fsp3) is 0.167. The van der Waals surface area contributed by atoms with Crippen LogP contribution in [-0.4, -0.2) is 28.0 Å². The molecule has 0 unspecified atom stereocenters. The van der Waals surface area contributed by atoms with Crippen LogP contribution in [0.5, 0.6) is 5.75 Å². The Balaban J connectivity index is 1.93. The molecule has 1 amide bonds. The lowest BCUT2D eigenvalue weighted by atomic mass is 10.1. The average Bonchev–Trinajstić information content (AvgIpc) is 3.02. The van der Waals surface area contributed by atoms with E-state index in [1.54, 1.807) is 31.2 Å². The SMILES string of the molecule is COc1ccccc1-n1nnc(C(=O)Nc2ccccc2C(F)(F)F)c1C. The second kappa shape index (κ2) is 7.10. The van der Waals surface area contributed by atoms with Crippen molar-refractivity contribution in [3.05, 3.63) is 65.5 Å². The summed E-state index contributed by atoms with van der Waals surface area (Å²) in [5.41, 5.74) is -0.450. The van der Waals surface area contributed by atoms with Gasteiger partial charge in [0.1, 0.15) is 11.4 Å². The van der Waals surface area contributed by atoms with Gasteiger partial charge in [-0.05, 0) is 31.2 Å². The summed E-state index contributed by atoms with van der Waals surface area (Å²) in [6.45, 7) is 1.59. The smallest absolute Gasteiger partial charge is 0.418 e. The van der Waals surface area contributed by atoms with E-state index in [2.05, 4.69) is 15.6 Å². The van der Waals surface area contributed by atoms with E-state index < -0.39 is 17.6 Å². The van der Waals surface area contributed by atoms with Crippen LogP contribution in [0.15, 0.2) is 48.5 Å². The zero-order chi connectivity index (χ0) is 19.6. The fourth-order valence-corrected chi connectivity index (χ4v) is 2.59. The van der Waals surface area contributed by atoms with E-state index >= 15 is 0 Å². The van der Waals surface area contributed by atoms with E-state index in [9.17, 15) is 18.0 Å². The van der Waals surface area contributed by atoms with Gasteiger partial charge in [0.15, 0.2) is 5.69 Å². The van der Waals surface area contributed by atoms with Crippen LogP contribution in [-0.2, 0) is 6.18 Å². The second-order valence-electron chi connectivity index (χ2n) is 5.60. The zero-order valence-electron chi connectivity index (χ0n) is 14.4. The first-order chi connectivity index (χ1) is 12.8. The van der Waals surface area contributed by atoms with Crippen LogP contribution in [0, 0.1) is 6.92 Å². The predicted molar refractivity (Wildman–Crippen MR) is 92.0 cm³/mol. The maximum Gasteiger partial charge on any atom is 0.418 e. The number of nitrogens with zero attached hydrogens (tertiary/aromatic N) is 3. The monoisotopic (exact) mass is 376 g/mol. The predicted octanol–water partition coefficient (Wildman–Crippen LogP) is 3.86. The molecule has 1 heterocycles. The lowest BCUT2D eigenvalue weighted by Gasteiger charge is -2.13. The lowest BCUT2D eigenvalue weighted by Crippen LogP contribution is -2.18. The molecule has 0 aliphatic rings. The van der Waals surface area contributed by atoms with Gasteiger partial charge in [0.05, 0.1) is 24.1 Å². The first kappa shape index (κ1) is 18.4. The van der Waals surface area contributed by atoms with Gasteiger partial charge in [-0.15, -0.1) is 5.10 Å². The van der Waals surface area contributed by atoms with E-state index in [1.807, 2.05) is 0 Å². The minimum absolute atomic E-state index is 0.0853. The molecule has 3 aromatic rings. The largest absolute Gasteiger partial charge is 0.494 e. The molecule has 0 saturated heterocycles. The molecular weight excluding hydrogens is 361 g/mol. The maximum absolute atomic E-state index is 13.1. The van der Waals surface area contributed by atoms with Crippen molar-refractivity contribution in [3.63, 3.8) is 0 Å². The molecule has 140 valence electrons. The van der Waals surface area contributed by atoms with Gasteiger partial charge in [-0.2, -0.15) is 13.2 Å². The number of methoxy groups -OCH3 is 1. The Morgan fingerprint density at radius 2 is 1.78 bits per heavy atom. The normalized spacial score (nSPS) is 11.3. The first-order valence-electron chi connectivity index (χ1n) is 7.86. The minimum Gasteiger partial charge on any atom is -0.494 e.